The molecule has 0 unspecified atom stereocenters. The number of anilines is 1. The van der Waals surface area contributed by atoms with Gasteiger partial charge in [-0.05, 0) is 43.9 Å². The number of carbonyl (C=O) groups excluding carboxylic acids is 1. The van der Waals surface area contributed by atoms with Crippen LogP contribution < -0.4 is 5.73 Å². The van der Waals surface area contributed by atoms with Gasteiger partial charge in [0.15, 0.2) is 0 Å². The highest BCUT2D eigenvalue weighted by atomic mass is 16.3. The monoisotopic (exact) mass is 276 g/mol. The summed E-state index contributed by atoms with van der Waals surface area (Å²) in [7, 11) is 0. The number of amides is 1. The van der Waals surface area contributed by atoms with Crippen LogP contribution in [0.3, 0.4) is 0 Å². The van der Waals surface area contributed by atoms with Gasteiger partial charge in [-0.25, -0.2) is 0 Å². The molecule has 0 radical (unpaired) electrons. The average Bonchev–Trinajstić information content (AvgIpc) is 2.93. The maximum atomic E-state index is 12.8. The highest BCUT2D eigenvalue weighted by molar-refractivity contribution is 5.97. The van der Waals surface area contributed by atoms with Gasteiger partial charge in [-0.15, -0.1) is 0 Å². The van der Waals surface area contributed by atoms with Crippen LogP contribution in [0.5, 0.6) is 0 Å². The molecule has 1 aliphatic carbocycles. The topological polar surface area (TPSA) is 66.6 Å². The Morgan fingerprint density at radius 2 is 1.95 bits per heavy atom. The third-order valence-corrected chi connectivity index (χ3v) is 4.21. The second-order valence-corrected chi connectivity index (χ2v) is 5.68. The molecule has 4 nitrogen and oxygen atoms in total. The first-order valence-corrected chi connectivity index (χ1v) is 7.33. The number of nitrogen functional groups attached to an aromatic ring is 1. The minimum atomic E-state index is -0.00449. The molecule has 0 saturated heterocycles. The highest BCUT2D eigenvalue weighted by Crippen LogP contribution is 2.26. The van der Waals surface area contributed by atoms with E-state index in [9.17, 15) is 9.90 Å². The van der Waals surface area contributed by atoms with Gasteiger partial charge < -0.3 is 15.7 Å². The molecule has 0 heterocycles. The number of hydrogen-bond donors (Lipinski definition) is 2. The Balaban J connectivity index is 2.29. The van der Waals surface area contributed by atoms with Gasteiger partial charge in [-0.1, -0.05) is 18.9 Å². The van der Waals surface area contributed by atoms with Gasteiger partial charge >= 0.3 is 0 Å². The quantitative estimate of drug-likeness (QED) is 0.829. The second-order valence-electron chi connectivity index (χ2n) is 5.68. The van der Waals surface area contributed by atoms with Crippen LogP contribution in [0.15, 0.2) is 12.1 Å². The first kappa shape index (κ1) is 14.9. The third kappa shape index (κ3) is 2.96. The van der Waals surface area contributed by atoms with Crippen molar-refractivity contribution in [3.63, 3.8) is 0 Å². The molecule has 110 valence electrons. The molecule has 1 saturated carbocycles. The summed E-state index contributed by atoms with van der Waals surface area (Å²) < 4.78 is 0. The minimum Gasteiger partial charge on any atom is -0.398 e. The zero-order chi connectivity index (χ0) is 14.7. The number of aliphatic hydroxyl groups is 1. The van der Waals surface area contributed by atoms with Crippen LogP contribution in [-0.4, -0.2) is 35.1 Å². The van der Waals surface area contributed by atoms with Crippen LogP contribution in [0.2, 0.25) is 0 Å². The molecule has 1 fully saturated rings. The van der Waals surface area contributed by atoms with Crippen LogP contribution in [0.4, 0.5) is 5.69 Å². The fraction of sp³-hybridized carbons (Fsp3) is 0.562. The normalized spacial score (nSPS) is 15.6. The van der Waals surface area contributed by atoms with Crippen molar-refractivity contribution >= 4 is 11.6 Å². The SMILES string of the molecule is Cc1cc(C)c(C(=O)N(CCO)C2CCCC2)cc1N. The molecule has 0 atom stereocenters. The van der Waals surface area contributed by atoms with E-state index in [2.05, 4.69) is 0 Å². The van der Waals surface area contributed by atoms with Gasteiger partial charge in [0.05, 0.1) is 6.61 Å². The molecular formula is C16H24N2O2. The van der Waals surface area contributed by atoms with E-state index in [0.29, 0.717) is 17.8 Å². The average molecular weight is 276 g/mol. The summed E-state index contributed by atoms with van der Waals surface area (Å²) >= 11 is 0. The van der Waals surface area contributed by atoms with Crippen molar-refractivity contribution in [1.82, 2.24) is 4.90 Å². The summed E-state index contributed by atoms with van der Waals surface area (Å²) in [6, 6.07) is 3.98. The molecule has 2 rings (SSSR count). The first-order valence-electron chi connectivity index (χ1n) is 7.33. The lowest BCUT2D eigenvalue weighted by Crippen LogP contribution is -2.41. The molecule has 1 amide bonds. The zero-order valence-electron chi connectivity index (χ0n) is 12.4. The van der Waals surface area contributed by atoms with Gasteiger partial charge in [0.2, 0.25) is 0 Å². The van der Waals surface area contributed by atoms with Gasteiger partial charge in [-0.3, -0.25) is 4.79 Å². The predicted octanol–water partition coefficient (Wildman–Crippen LogP) is 2.26. The highest BCUT2D eigenvalue weighted by Gasteiger charge is 2.27. The lowest BCUT2D eigenvalue weighted by atomic mass is 10.0. The van der Waals surface area contributed by atoms with Crippen LogP contribution >= 0.6 is 0 Å². The first-order chi connectivity index (χ1) is 9.54. The number of aliphatic hydroxyl groups excluding tert-OH is 1. The van der Waals surface area contributed by atoms with Crippen LogP contribution in [0, 0.1) is 13.8 Å². The van der Waals surface area contributed by atoms with E-state index in [4.69, 9.17) is 5.73 Å². The second kappa shape index (κ2) is 6.27. The number of nitrogens with two attached hydrogens (primary N) is 1. The van der Waals surface area contributed by atoms with Crippen molar-refractivity contribution in [3.8, 4) is 0 Å². The van der Waals surface area contributed by atoms with Gasteiger partial charge in [0.1, 0.15) is 0 Å². The Bertz CT molecular complexity index is 493. The standard InChI is InChI=1S/C16H24N2O2/c1-11-9-12(2)15(17)10-14(11)16(20)18(7-8-19)13-5-3-4-6-13/h9-10,13,19H,3-8,17H2,1-2H3. The fourth-order valence-electron chi connectivity index (χ4n) is 3.03. The lowest BCUT2D eigenvalue weighted by molar-refractivity contribution is 0.0637. The number of aryl methyl sites for hydroxylation is 2. The predicted molar refractivity (Wildman–Crippen MR) is 80.7 cm³/mol. The zero-order valence-corrected chi connectivity index (χ0v) is 12.4. The maximum Gasteiger partial charge on any atom is 0.254 e. The Morgan fingerprint density at radius 3 is 2.55 bits per heavy atom. The molecule has 1 aromatic carbocycles. The van der Waals surface area contributed by atoms with Crippen LogP contribution in [-0.2, 0) is 0 Å². The summed E-state index contributed by atoms with van der Waals surface area (Å²) in [5.41, 5.74) is 9.18. The van der Waals surface area contributed by atoms with Gasteiger partial charge in [0, 0.05) is 23.8 Å². The van der Waals surface area contributed by atoms with Gasteiger partial charge in [0.25, 0.3) is 5.91 Å². The Morgan fingerprint density at radius 1 is 1.30 bits per heavy atom. The number of rotatable bonds is 4. The number of benzene rings is 1. The van der Waals surface area contributed by atoms with E-state index in [1.807, 2.05) is 24.8 Å². The van der Waals surface area contributed by atoms with Crippen molar-refractivity contribution in [3.05, 3.63) is 28.8 Å². The van der Waals surface area contributed by atoms with Crippen molar-refractivity contribution < 1.29 is 9.90 Å². The summed E-state index contributed by atoms with van der Waals surface area (Å²) in [4.78, 5) is 14.6. The lowest BCUT2D eigenvalue weighted by Gasteiger charge is -2.29. The molecule has 0 aromatic heterocycles. The number of nitrogens with zero attached hydrogens (tertiary/aromatic N) is 1. The van der Waals surface area contributed by atoms with E-state index in [1.165, 1.54) is 0 Å². The van der Waals surface area contributed by atoms with E-state index in [0.717, 1.165) is 36.8 Å². The molecular weight excluding hydrogens is 252 g/mol. The van der Waals surface area contributed by atoms with Crippen LogP contribution in [0.1, 0.15) is 47.2 Å². The van der Waals surface area contributed by atoms with E-state index < -0.39 is 0 Å². The molecule has 0 aliphatic heterocycles. The third-order valence-electron chi connectivity index (χ3n) is 4.21. The molecule has 3 N–H and O–H groups in total. The van der Waals surface area contributed by atoms with Crippen molar-refractivity contribution in [1.29, 1.82) is 0 Å². The number of carbonyl (C=O) groups is 1. The summed E-state index contributed by atoms with van der Waals surface area (Å²) in [5, 5.41) is 9.24. The summed E-state index contributed by atoms with van der Waals surface area (Å²) in [6.07, 6.45) is 4.39. The molecule has 4 heteroatoms. The van der Waals surface area contributed by atoms with Gasteiger partial charge in [-0.2, -0.15) is 0 Å². The van der Waals surface area contributed by atoms with Crippen molar-refractivity contribution in [2.45, 2.75) is 45.6 Å². The Hall–Kier alpha value is -1.55. The molecule has 20 heavy (non-hydrogen) atoms. The molecule has 1 aliphatic rings. The van der Waals surface area contributed by atoms with E-state index in [-0.39, 0.29) is 18.6 Å². The summed E-state index contributed by atoms with van der Waals surface area (Å²) in [5.74, 6) is -0.00449. The molecule has 1 aromatic rings. The van der Waals surface area contributed by atoms with Crippen LogP contribution in [0.25, 0.3) is 0 Å². The molecule has 0 bridgehead atoms. The fourth-order valence-corrected chi connectivity index (χ4v) is 3.03. The van der Waals surface area contributed by atoms with Crippen molar-refractivity contribution in [2.75, 3.05) is 18.9 Å². The molecule has 0 spiro atoms. The Labute approximate surface area is 120 Å². The van der Waals surface area contributed by atoms with Crippen molar-refractivity contribution in [2.24, 2.45) is 0 Å². The number of hydrogen-bond acceptors (Lipinski definition) is 3. The summed E-state index contributed by atoms with van der Waals surface area (Å²) in [6.45, 7) is 4.28. The minimum absolute atomic E-state index is 0.00261. The largest absolute Gasteiger partial charge is 0.398 e. The Kier molecular flexibility index (Phi) is 4.65. The van der Waals surface area contributed by atoms with E-state index in [1.54, 1.807) is 6.07 Å². The van der Waals surface area contributed by atoms with E-state index >= 15 is 0 Å². The smallest absolute Gasteiger partial charge is 0.254 e. The maximum absolute atomic E-state index is 12.8.